The maximum absolute atomic E-state index is 6.97. The van der Waals surface area contributed by atoms with Crippen molar-refractivity contribution >= 4 is 71.6 Å². The first-order valence-corrected chi connectivity index (χ1v) is 23.4. The van der Waals surface area contributed by atoms with Crippen LogP contribution in [0, 0.1) is 0 Å². The first-order chi connectivity index (χ1) is 33.7. The molecule has 2 heterocycles. The quantitative estimate of drug-likeness (QED) is 0.159. The molecule has 0 fully saturated rings. The van der Waals surface area contributed by atoms with E-state index in [2.05, 4.69) is 264 Å². The number of rotatable bonds is 7. The summed E-state index contributed by atoms with van der Waals surface area (Å²) in [5, 5.41) is 6.96. The van der Waals surface area contributed by atoms with E-state index in [9.17, 15) is 0 Å². The highest BCUT2D eigenvalue weighted by Crippen LogP contribution is 2.57. The predicted molar refractivity (Wildman–Crippen MR) is 283 cm³/mol. The van der Waals surface area contributed by atoms with Crippen LogP contribution in [0.25, 0.3) is 82.5 Å². The maximum atomic E-state index is 6.97. The molecule has 0 spiro atoms. The summed E-state index contributed by atoms with van der Waals surface area (Å²) in [5.74, 6) is 0. The van der Waals surface area contributed by atoms with Crippen LogP contribution in [0.3, 0.4) is 0 Å². The van der Waals surface area contributed by atoms with E-state index in [4.69, 9.17) is 4.42 Å². The number of benzene rings is 11. The van der Waals surface area contributed by atoms with E-state index >= 15 is 0 Å². The Balaban J connectivity index is 1.05. The van der Waals surface area contributed by atoms with Crippen molar-refractivity contribution in [1.82, 2.24) is 4.57 Å². The van der Waals surface area contributed by atoms with Gasteiger partial charge in [0.1, 0.15) is 5.58 Å². The fourth-order valence-corrected chi connectivity index (χ4v) is 11.5. The number of fused-ring (bicyclic) bond motifs is 11. The Morgan fingerprint density at radius 1 is 0.382 bits per heavy atom. The van der Waals surface area contributed by atoms with Gasteiger partial charge in [0.05, 0.1) is 22.1 Å². The molecule has 0 bridgehead atoms. The molecule has 11 aromatic carbocycles. The first kappa shape index (κ1) is 38.4. The molecule has 0 unspecified atom stereocenters. The molecule has 318 valence electrons. The Morgan fingerprint density at radius 2 is 0.971 bits per heavy atom. The minimum absolute atomic E-state index is 0.533. The molecular weight excluding hydrogens is 825 g/mol. The van der Waals surface area contributed by atoms with Gasteiger partial charge in [0.2, 0.25) is 0 Å². The highest BCUT2D eigenvalue weighted by atomic mass is 16.3. The second-order valence-electron chi connectivity index (χ2n) is 18.0. The highest BCUT2D eigenvalue weighted by Gasteiger charge is 2.46. The van der Waals surface area contributed by atoms with Gasteiger partial charge in [0.25, 0.3) is 0 Å². The summed E-state index contributed by atoms with van der Waals surface area (Å²) in [7, 11) is 0. The fourth-order valence-electron chi connectivity index (χ4n) is 11.5. The molecule has 1 aliphatic rings. The second-order valence-corrected chi connectivity index (χ2v) is 18.0. The maximum Gasteiger partial charge on any atom is 0.159 e. The van der Waals surface area contributed by atoms with Crippen molar-refractivity contribution in [2.75, 3.05) is 4.90 Å². The molecule has 13 aromatic rings. The van der Waals surface area contributed by atoms with Crippen molar-refractivity contribution in [2.45, 2.75) is 5.41 Å². The molecule has 0 N–H and O–H groups in total. The molecule has 2 aromatic heterocycles. The minimum atomic E-state index is -0.533. The van der Waals surface area contributed by atoms with E-state index in [1.165, 1.54) is 66.1 Å². The van der Waals surface area contributed by atoms with Gasteiger partial charge >= 0.3 is 0 Å². The fraction of sp³-hybridized carbons (Fsp3) is 0.0154. The topological polar surface area (TPSA) is 21.3 Å². The van der Waals surface area contributed by atoms with Crippen LogP contribution in [0.5, 0.6) is 0 Å². The smallest absolute Gasteiger partial charge is 0.159 e. The largest absolute Gasteiger partial charge is 0.454 e. The lowest BCUT2D eigenvalue weighted by Gasteiger charge is -2.34. The summed E-state index contributed by atoms with van der Waals surface area (Å²) in [5.41, 5.74) is 17.7. The summed E-state index contributed by atoms with van der Waals surface area (Å²) in [6.07, 6.45) is 0. The Labute approximate surface area is 394 Å². The van der Waals surface area contributed by atoms with Crippen LogP contribution >= 0.6 is 0 Å². The summed E-state index contributed by atoms with van der Waals surface area (Å²) < 4.78 is 9.39. The molecule has 68 heavy (non-hydrogen) atoms. The van der Waals surface area contributed by atoms with E-state index < -0.39 is 5.41 Å². The summed E-state index contributed by atoms with van der Waals surface area (Å²) in [6, 6.07) is 93.0. The SMILES string of the molecule is c1ccc(-c2ccc(N(c3ccc4c(c3)c3cc(C5(c6ccccc6)c6ccccc6-c6ccccc65)ccc3n4-c3ccccc3)c3cccc4c3oc3ccc5ccccc5c34)cc2)cc1. The van der Waals surface area contributed by atoms with Crippen LogP contribution < -0.4 is 4.90 Å². The molecule has 1 aliphatic carbocycles. The lowest BCUT2D eigenvalue weighted by molar-refractivity contribution is 0.669. The third-order valence-corrected chi connectivity index (χ3v) is 14.5. The van der Waals surface area contributed by atoms with Gasteiger partial charge in [-0.05, 0) is 122 Å². The van der Waals surface area contributed by atoms with Crippen LogP contribution in [0.4, 0.5) is 17.1 Å². The van der Waals surface area contributed by atoms with Gasteiger partial charge in [-0.25, -0.2) is 0 Å². The van der Waals surface area contributed by atoms with E-state index in [0.29, 0.717) is 0 Å². The van der Waals surface area contributed by atoms with Crippen molar-refractivity contribution in [3.8, 4) is 27.9 Å². The average Bonchev–Trinajstić information content (AvgIpc) is 4.06. The summed E-state index contributed by atoms with van der Waals surface area (Å²) in [4.78, 5) is 2.38. The third-order valence-electron chi connectivity index (χ3n) is 14.5. The zero-order valence-corrected chi connectivity index (χ0v) is 37.1. The van der Waals surface area contributed by atoms with Gasteiger partial charge in [-0.2, -0.15) is 0 Å². The van der Waals surface area contributed by atoms with Crippen molar-refractivity contribution in [2.24, 2.45) is 0 Å². The highest BCUT2D eigenvalue weighted by molar-refractivity contribution is 6.21. The van der Waals surface area contributed by atoms with Gasteiger partial charge in [-0.15, -0.1) is 0 Å². The Hall–Kier alpha value is -8.92. The first-order valence-electron chi connectivity index (χ1n) is 23.4. The number of hydrogen-bond donors (Lipinski definition) is 0. The molecule has 0 aliphatic heterocycles. The second kappa shape index (κ2) is 15.1. The van der Waals surface area contributed by atoms with Crippen LogP contribution in [0.1, 0.15) is 22.3 Å². The van der Waals surface area contributed by atoms with E-state index in [-0.39, 0.29) is 0 Å². The number of hydrogen-bond acceptors (Lipinski definition) is 2. The van der Waals surface area contributed by atoms with Crippen molar-refractivity contribution in [1.29, 1.82) is 0 Å². The molecule has 0 radical (unpaired) electrons. The zero-order valence-electron chi connectivity index (χ0n) is 37.1. The molecule has 0 atom stereocenters. The molecular formula is C65H42N2O. The van der Waals surface area contributed by atoms with E-state index in [0.717, 1.165) is 55.7 Å². The van der Waals surface area contributed by atoms with Crippen LogP contribution in [-0.2, 0) is 5.41 Å². The van der Waals surface area contributed by atoms with Gasteiger partial charge in [-0.3, -0.25) is 0 Å². The van der Waals surface area contributed by atoms with Crippen LogP contribution in [0.15, 0.2) is 259 Å². The molecule has 0 saturated heterocycles. The lowest BCUT2D eigenvalue weighted by atomic mass is 9.67. The number of nitrogens with zero attached hydrogens (tertiary/aromatic N) is 2. The summed E-state index contributed by atoms with van der Waals surface area (Å²) >= 11 is 0. The van der Waals surface area contributed by atoms with Gasteiger partial charge < -0.3 is 13.9 Å². The third kappa shape index (κ3) is 5.60. The lowest BCUT2D eigenvalue weighted by Crippen LogP contribution is -2.28. The Kier molecular flexibility index (Phi) is 8.50. The number of anilines is 3. The Morgan fingerprint density at radius 3 is 1.72 bits per heavy atom. The number of furan rings is 1. The van der Waals surface area contributed by atoms with Crippen LogP contribution in [0.2, 0.25) is 0 Å². The number of para-hydroxylation sites is 2. The summed E-state index contributed by atoms with van der Waals surface area (Å²) in [6.45, 7) is 0. The Bertz CT molecular complexity index is 4030. The standard InChI is InChI=1S/C65H42N2O/c1-4-17-43(18-5-1)44-31-35-49(36-32-44)66(61-30-16-27-54-63-51-24-11-10-19-45(51)33-40-62(63)68-64(54)61)50-37-39-60-56(42-50)55-41-47(34-38-59(55)67(60)48-22-8-3-9-23-48)65(46-20-6-2-7-21-46)57-28-14-12-25-52(57)53-26-13-15-29-58(53)65/h1-42H. The normalized spacial score (nSPS) is 12.8. The van der Waals surface area contributed by atoms with Crippen molar-refractivity contribution < 1.29 is 4.42 Å². The zero-order chi connectivity index (χ0) is 44.8. The molecule has 0 amide bonds. The molecule has 3 heteroatoms. The minimum Gasteiger partial charge on any atom is -0.454 e. The monoisotopic (exact) mass is 866 g/mol. The van der Waals surface area contributed by atoms with Gasteiger partial charge in [0, 0.05) is 38.6 Å². The molecule has 3 nitrogen and oxygen atoms in total. The molecule has 0 saturated carbocycles. The predicted octanol–water partition coefficient (Wildman–Crippen LogP) is 17.3. The van der Waals surface area contributed by atoms with Gasteiger partial charge in [-0.1, -0.05) is 188 Å². The van der Waals surface area contributed by atoms with Crippen LogP contribution in [-0.4, -0.2) is 4.57 Å². The van der Waals surface area contributed by atoms with Gasteiger partial charge in [0.15, 0.2) is 5.58 Å². The van der Waals surface area contributed by atoms with Crippen molar-refractivity contribution in [3.05, 3.63) is 277 Å². The van der Waals surface area contributed by atoms with E-state index in [1.807, 2.05) is 0 Å². The van der Waals surface area contributed by atoms with Crippen molar-refractivity contribution in [3.63, 3.8) is 0 Å². The average molecular weight is 867 g/mol. The van der Waals surface area contributed by atoms with E-state index in [1.54, 1.807) is 0 Å². The molecule has 14 rings (SSSR count). The number of aromatic nitrogens is 1.